The average molecular weight is 320 g/mol. The predicted molar refractivity (Wildman–Crippen MR) is 96.0 cm³/mol. The third-order valence-corrected chi connectivity index (χ3v) is 4.62. The molecule has 1 aliphatic carbocycles. The van der Waals surface area contributed by atoms with Crippen molar-refractivity contribution in [2.75, 3.05) is 11.1 Å². The lowest BCUT2D eigenvalue weighted by Gasteiger charge is -2.22. The molecule has 0 amide bonds. The van der Waals surface area contributed by atoms with Crippen LogP contribution >= 0.6 is 0 Å². The van der Waals surface area contributed by atoms with E-state index >= 15 is 0 Å². The van der Waals surface area contributed by atoms with Crippen molar-refractivity contribution in [3.8, 4) is 5.95 Å². The van der Waals surface area contributed by atoms with Gasteiger partial charge in [-0.15, -0.1) is 0 Å². The fourth-order valence-electron chi connectivity index (χ4n) is 3.30. The standard InChI is InChI=1S/C19H21N5/c20-14-10-12-24(13-11-14)19-22-17-9-5-4-8-16(17)18(23-19)21-15-6-2-1-3-7-15/h4-5,8-13,15,20H,1-3,6-7H2,(H,21,22,23)/p+1. The monoisotopic (exact) mass is 320 g/mol. The van der Waals surface area contributed by atoms with Crippen LogP contribution in [-0.2, 0) is 0 Å². The van der Waals surface area contributed by atoms with Gasteiger partial charge in [-0.1, -0.05) is 36.4 Å². The first-order valence-corrected chi connectivity index (χ1v) is 8.60. The number of rotatable bonds is 3. The highest BCUT2D eigenvalue weighted by atomic mass is 15.2. The number of nitrogen functional groups attached to an aromatic ring is 1. The van der Waals surface area contributed by atoms with Crippen molar-refractivity contribution in [1.29, 1.82) is 0 Å². The van der Waals surface area contributed by atoms with Gasteiger partial charge in [0, 0.05) is 11.7 Å². The van der Waals surface area contributed by atoms with Crippen LogP contribution in [0.2, 0.25) is 0 Å². The van der Waals surface area contributed by atoms with Gasteiger partial charge in [-0.2, -0.15) is 0 Å². The van der Waals surface area contributed by atoms with Gasteiger partial charge in [0.2, 0.25) is 5.82 Å². The van der Waals surface area contributed by atoms with Crippen molar-refractivity contribution in [2.45, 2.75) is 38.1 Å². The van der Waals surface area contributed by atoms with E-state index in [0.717, 1.165) is 22.4 Å². The van der Waals surface area contributed by atoms with Crippen LogP contribution in [0.3, 0.4) is 0 Å². The van der Waals surface area contributed by atoms with Crippen LogP contribution in [0.15, 0.2) is 48.8 Å². The number of pyridine rings is 1. The molecule has 0 saturated heterocycles. The van der Waals surface area contributed by atoms with Crippen LogP contribution in [0, 0.1) is 0 Å². The van der Waals surface area contributed by atoms with Crippen molar-refractivity contribution < 1.29 is 4.57 Å². The van der Waals surface area contributed by atoms with E-state index in [-0.39, 0.29) is 0 Å². The van der Waals surface area contributed by atoms with E-state index in [2.05, 4.69) is 11.4 Å². The molecule has 122 valence electrons. The number of para-hydroxylation sites is 1. The smallest absolute Gasteiger partial charge is 0.399 e. The Hall–Kier alpha value is -2.69. The lowest BCUT2D eigenvalue weighted by atomic mass is 9.95. The van der Waals surface area contributed by atoms with Gasteiger partial charge in [-0.3, -0.25) is 0 Å². The van der Waals surface area contributed by atoms with Crippen LogP contribution in [0.4, 0.5) is 11.5 Å². The molecule has 1 aliphatic rings. The number of nitrogens with two attached hydrogens (primary N) is 1. The maximum atomic E-state index is 5.78. The third-order valence-electron chi connectivity index (χ3n) is 4.62. The Labute approximate surface area is 141 Å². The Bertz CT molecular complexity index is 838. The first-order valence-electron chi connectivity index (χ1n) is 8.60. The van der Waals surface area contributed by atoms with Gasteiger partial charge in [0.15, 0.2) is 5.52 Å². The first kappa shape index (κ1) is 14.9. The molecule has 24 heavy (non-hydrogen) atoms. The molecule has 2 heterocycles. The summed E-state index contributed by atoms with van der Waals surface area (Å²) in [6.45, 7) is 0. The van der Waals surface area contributed by atoms with Crippen LogP contribution in [-0.4, -0.2) is 16.0 Å². The van der Waals surface area contributed by atoms with Crippen LogP contribution in [0.1, 0.15) is 32.1 Å². The number of nitrogens with one attached hydrogen (secondary N) is 1. The zero-order valence-corrected chi connectivity index (χ0v) is 13.7. The zero-order valence-electron chi connectivity index (χ0n) is 13.7. The largest absolute Gasteiger partial charge is 0.439 e. The molecule has 3 aromatic rings. The van der Waals surface area contributed by atoms with Crippen LogP contribution in [0.25, 0.3) is 16.9 Å². The lowest BCUT2D eigenvalue weighted by Crippen LogP contribution is -2.33. The maximum Gasteiger partial charge on any atom is 0.439 e. The van der Waals surface area contributed by atoms with Crippen molar-refractivity contribution in [1.82, 2.24) is 9.97 Å². The Morgan fingerprint density at radius 3 is 2.50 bits per heavy atom. The van der Waals surface area contributed by atoms with Crippen molar-refractivity contribution in [3.63, 3.8) is 0 Å². The molecule has 0 aliphatic heterocycles. The second kappa shape index (κ2) is 6.43. The molecule has 0 bridgehead atoms. The summed E-state index contributed by atoms with van der Waals surface area (Å²) < 4.78 is 1.90. The molecule has 1 aromatic carbocycles. The van der Waals surface area contributed by atoms with Crippen molar-refractivity contribution in [3.05, 3.63) is 48.8 Å². The molecule has 0 atom stereocenters. The minimum Gasteiger partial charge on any atom is -0.399 e. The molecule has 4 rings (SSSR count). The summed E-state index contributed by atoms with van der Waals surface area (Å²) >= 11 is 0. The molecular weight excluding hydrogens is 298 g/mol. The van der Waals surface area contributed by atoms with E-state index in [1.165, 1.54) is 32.1 Å². The fourth-order valence-corrected chi connectivity index (χ4v) is 3.30. The lowest BCUT2D eigenvalue weighted by molar-refractivity contribution is -0.603. The van der Waals surface area contributed by atoms with Gasteiger partial charge in [0.25, 0.3) is 0 Å². The van der Waals surface area contributed by atoms with E-state index in [1.807, 2.05) is 47.3 Å². The minimum atomic E-state index is 0.501. The van der Waals surface area contributed by atoms with Gasteiger partial charge >= 0.3 is 5.95 Å². The van der Waals surface area contributed by atoms with Gasteiger partial charge in [-0.25, -0.2) is 4.57 Å². The first-order chi connectivity index (χ1) is 11.8. The Kier molecular flexibility index (Phi) is 3.99. The predicted octanol–water partition coefficient (Wildman–Crippen LogP) is 3.23. The van der Waals surface area contributed by atoms with Gasteiger partial charge in [0.05, 0.1) is 17.8 Å². The van der Waals surface area contributed by atoms with Gasteiger partial charge < -0.3 is 11.1 Å². The van der Waals surface area contributed by atoms with E-state index < -0.39 is 0 Å². The number of hydrogen-bond donors (Lipinski definition) is 2. The maximum absolute atomic E-state index is 5.78. The molecular formula is C19H22N5+. The number of hydrogen-bond acceptors (Lipinski definition) is 4. The molecule has 5 heteroatoms. The number of nitrogens with zero attached hydrogens (tertiary/aromatic N) is 3. The summed E-state index contributed by atoms with van der Waals surface area (Å²) in [7, 11) is 0. The second-order valence-corrected chi connectivity index (χ2v) is 6.41. The number of anilines is 2. The fraction of sp³-hybridized carbons (Fsp3) is 0.316. The van der Waals surface area contributed by atoms with Gasteiger partial charge in [0.1, 0.15) is 0 Å². The minimum absolute atomic E-state index is 0.501. The van der Waals surface area contributed by atoms with Crippen molar-refractivity contribution in [2.24, 2.45) is 0 Å². The SMILES string of the molecule is Nc1cc[n+](-c2nc(NC3CCCCC3)c3ccccc3n2)cc1. The number of aromatic nitrogens is 3. The molecule has 0 unspecified atom stereocenters. The summed E-state index contributed by atoms with van der Waals surface area (Å²) in [5, 5.41) is 4.73. The Morgan fingerprint density at radius 2 is 1.71 bits per heavy atom. The van der Waals surface area contributed by atoms with E-state index in [4.69, 9.17) is 15.7 Å². The normalized spacial score (nSPS) is 15.5. The summed E-state index contributed by atoms with van der Waals surface area (Å²) in [4.78, 5) is 9.49. The summed E-state index contributed by atoms with van der Waals surface area (Å²) in [6.07, 6.45) is 10.1. The second-order valence-electron chi connectivity index (χ2n) is 6.41. The average Bonchev–Trinajstić information content (AvgIpc) is 2.63. The highest BCUT2D eigenvalue weighted by molar-refractivity contribution is 5.89. The number of fused-ring (bicyclic) bond motifs is 1. The molecule has 1 saturated carbocycles. The summed E-state index contributed by atoms with van der Waals surface area (Å²) in [5.74, 6) is 1.58. The molecule has 0 spiro atoms. The molecule has 3 N–H and O–H groups in total. The van der Waals surface area contributed by atoms with E-state index in [9.17, 15) is 0 Å². The van der Waals surface area contributed by atoms with Crippen molar-refractivity contribution >= 4 is 22.4 Å². The third kappa shape index (κ3) is 3.02. The van der Waals surface area contributed by atoms with E-state index in [0.29, 0.717) is 12.0 Å². The number of benzene rings is 1. The molecule has 1 fully saturated rings. The molecule has 5 nitrogen and oxygen atoms in total. The quantitative estimate of drug-likeness (QED) is 0.727. The van der Waals surface area contributed by atoms with E-state index in [1.54, 1.807) is 0 Å². The highest BCUT2D eigenvalue weighted by Crippen LogP contribution is 2.25. The van der Waals surface area contributed by atoms with Crippen LogP contribution in [0.5, 0.6) is 0 Å². The van der Waals surface area contributed by atoms with Crippen LogP contribution < -0.4 is 15.6 Å². The Balaban J connectivity index is 1.76. The summed E-state index contributed by atoms with van der Waals surface area (Å²) in [6, 6.07) is 12.4. The molecule has 0 radical (unpaired) electrons. The summed E-state index contributed by atoms with van der Waals surface area (Å²) in [5.41, 5.74) is 7.46. The molecule has 2 aromatic heterocycles. The Morgan fingerprint density at radius 1 is 0.958 bits per heavy atom. The topological polar surface area (TPSA) is 67.7 Å². The van der Waals surface area contributed by atoms with Gasteiger partial charge in [-0.05, 0) is 42.1 Å². The highest BCUT2D eigenvalue weighted by Gasteiger charge is 2.21. The zero-order chi connectivity index (χ0) is 16.4.